The Balaban J connectivity index is 2.56. The minimum atomic E-state index is -0.593. The molecule has 1 aromatic rings. The quantitative estimate of drug-likeness (QED) is 0.857. The van der Waals surface area contributed by atoms with Crippen LogP contribution in [0.15, 0.2) is 12.1 Å². The first-order valence-electron chi connectivity index (χ1n) is 5.32. The highest BCUT2D eigenvalue weighted by molar-refractivity contribution is 5.51. The maximum atomic E-state index is 13.9. The molecule has 0 radical (unpaired) electrons. The summed E-state index contributed by atoms with van der Waals surface area (Å²) >= 11 is 0. The third kappa shape index (κ3) is 1.53. The van der Waals surface area contributed by atoms with E-state index in [0.29, 0.717) is 17.1 Å². The fourth-order valence-electron chi connectivity index (χ4n) is 2.17. The predicted octanol–water partition coefficient (Wildman–Crippen LogP) is 2.18. The predicted molar refractivity (Wildman–Crippen MR) is 59.2 cm³/mol. The molecule has 3 nitrogen and oxygen atoms in total. The molecular weight excluding hydrogens is 209 g/mol. The van der Waals surface area contributed by atoms with Gasteiger partial charge in [0.2, 0.25) is 0 Å². The largest absolute Gasteiger partial charge is 0.493 e. The van der Waals surface area contributed by atoms with E-state index in [-0.39, 0.29) is 5.82 Å². The summed E-state index contributed by atoms with van der Waals surface area (Å²) in [5, 5.41) is 0. The van der Waals surface area contributed by atoms with E-state index < -0.39 is 5.54 Å². The lowest BCUT2D eigenvalue weighted by molar-refractivity contribution is 0.231. The van der Waals surface area contributed by atoms with Crippen LogP contribution in [0.4, 0.5) is 4.39 Å². The molecule has 0 heterocycles. The molecule has 16 heavy (non-hydrogen) atoms. The summed E-state index contributed by atoms with van der Waals surface area (Å²) in [4.78, 5) is 0. The number of rotatable bonds is 3. The molecule has 4 heteroatoms. The molecule has 2 rings (SSSR count). The zero-order valence-corrected chi connectivity index (χ0v) is 9.55. The van der Waals surface area contributed by atoms with Crippen molar-refractivity contribution in [1.29, 1.82) is 0 Å². The van der Waals surface area contributed by atoms with Crippen molar-refractivity contribution < 1.29 is 13.9 Å². The van der Waals surface area contributed by atoms with Crippen LogP contribution in [0.1, 0.15) is 24.8 Å². The van der Waals surface area contributed by atoms with Gasteiger partial charge in [0.1, 0.15) is 5.82 Å². The van der Waals surface area contributed by atoms with Crippen molar-refractivity contribution in [3.8, 4) is 11.5 Å². The summed E-state index contributed by atoms with van der Waals surface area (Å²) in [5.74, 6) is 0.625. The molecule has 0 amide bonds. The van der Waals surface area contributed by atoms with Gasteiger partial charge in [-0.3, -0.25) is 0 Å². The first-order valence-corrected chi connectivity index (χ1v) is 5.32. The van der Waals surface area contributed by atoms with Gasteiger partial charge in [0.25, 0.3) is 0 Å². The van der Waals surface area contributed by atoms with Crippen molar-refractivity contribution in [1.82, 2.24) is 0 Å². The molecular formula is C12H16FNO2. The molecule has 0 spiro atoms. The van der Waals surface area contributed by atoms with Gasteiger partial charge >= 0.3 is 0 Å². The van der Waals surface area contributed by atoms with E-state index in [9.17, 15) is 4.39 Å². The van der Waals surface area contributed by atoms with Gasteiger partial charge in [0, 0.05) is 5.54 Å². The van der Waals surface area contributed by atoms with Crippen molar-refractivity contribution >= 4 is 0 Å². The minimum absolute atomic E-state index is 0.320. The van der Waals surface area contributed by atoms with Crippen molar-refractivity contribution in [2.24, 2.45) is 5.73 Å². The SMILES string of the molecule is COc1ccc(F)c(C2(N)CCC2)c1OC. The van der Waals surface area contributed by atoms with Crippen LogP contribution < -0.4 is 15.2 Å². The first kappa shape index (κ1) is 11.2. The summed E-state index contributed by atoms with van der Waals surface area (Å²) in [6, 6.07) is 2.93. The molecule has 0 unspecified atom stereocenters. The van der Waals surface area contributed by atoms with E-state index in [1.165, 1.54) is 20.3 Å². The summed E-state index contributed by atoms with van der Waals surface area (Å²) in [7, 11) is 3.03. The van der Waals surface area contributed by atoms with Crippen LogP contribution in [0.5, 0.6) is 11.5 Å². The molecule has 0 aromatic heterocycles. The van der Waals surface area contributed by atoms with Crippen LogP contribution in [0.25, 0.3) is 0 Å². The third-order valence-corrected chi connectivity index (χ3v) is 3.24. The van der Waals surface area contributed by atoms with Gasteiger partial charge in [0.05, 0.1) is 19.8 Å². The Morgan fingerprint density at radius 1 is 1.25 bits per heavy atom. The van der Waals surface area contributed by atoms with Gasteiger partial charge < -0.3 is 15.2 Å². The number of methoxy groups -OCH3 is 2. The van der Waals surface area contributed by atoms with Crippen LogP contribution in [0, 0.1) is 5.82 Å². The monoisotopic (exact) mass is 225 g/mol. The number of nitrogens with two attached hydrogens (primary N) is 1. The number of halogens is 1. The van der Waals surface area contributed by atoms with Gasteiger partial charge in [-0.25, -0.2) is 4.39 Å². The number of hydrogen-bond donors (Lipinski definition) is 1. The van der Waals surface area contributed by atoms with E-state index in [4.69, 9.17) is 15.2 Å². The molecule has 0 saturated heterocycles. The van der Waals surface area contributed by atoms with Crippen LogP contribution in [0.2, 0.25) is 0 Å². The Kier molecular flexibility index (Phi) is 2.76. The topological polar surface area (TPSA) is 44.5 Å². The lowest BCUT2D eigenvalue weighted by Crippen LogP contribution is -2.44. The highest BCUT2D eigenvalue weighted by atomic mass is 19.1. The van der Waals surface area contributed by atoms with Gasteiger partial charge in [-0.15, -0.1) is 0 Å². The minimum Gasteiger partial charge on any atom is -0.493 e. The lowest BCUT2D eigenvalue weighted by Gasteiger charge is -2.39. The van der Waals surface area contributed by atoms with E-state index >= 15 is 0 Å². The van der Waals surface area contributed by atoms with Gasteiger partial charge in [-0.05, 0) is 31.4 Å². The van der Waals surface area contributed by atoms with Gasteiger partial charge in [-0.1, -0.05) is 0 Å². The molecule has 0 bridgehead atoms. The average Bonchev–Trinajstić information content (AvgIpc) is 2.25. The Hall–Kier alpha value is -1.29. The molecule has 1 aliphatic carbocycles. The van der Waals surface area contributed by atoms with Gasteiger partial charge in [0.15, 0.2) is 11.5 Å². The van der Waals surface area contributed by atoms with E-state index in [1.54, 1.807) is 6.07 Å². The molecule has 1 aromatic carbocycles. The highest BCUT2D eigenvalue weighted by Gasteiger charge is 2.40. The van der Waals surface area contributed by atoms with Crippen LogP contribution in [-0.4, -0.2) is 14.2 Å². The molecule has 88 valence electrons. The zero-order valence-electron chi connectivity index (χ0n) is 9.55. The fourth-order valence-corrected chi connectivity index (χ4v) is 2.17. The van der Waals surface area contributed by atoms with Crippen molar-refractivity contribution in [3.63, 3.8) is 0 Å². The molecule has 2 N–H and O–H groups in total. The number of benzene rings is 1. The van der Waals surface area contributed by atoms with E-state index in [0.717, 1.165) is 19.3 Å². The third-order valence-electron chi connectivity index (χ3n) is 3.24. The van der Waals surface area contributed by atoms with Crippen LogP contribution in [-0.2, 0) is 5.54 Å². The Morgan fingerprint density at radius 2 is 1.94 bits per heavy atom. The Bertz CT molecular complexity index is 402. The summed E-state index contributed by atoms with van der Waals surface area (Å²) in [5.41, 5.74) is 6.00. The zero-order chi connectivity index (χ0) is 11.8. The Labute approximate surface area is 94.3 Å². The van der Waals surface area contributed by atoms with Crippen molar-refractivity contribution in [2.45, 2.75) is 24.8 Å². The molecule has 0 atom stereocenters. The van der Waals surface area contributed by atoms with E-state index in [1.807, 2.05) is 0 Å². The summed E-state index contributed by atoms with van der Waals surface area (Å²) in [6.45, 7) is 0. The van der Waals surface area contributed by atoms with E-state index in [2.05, 4.69) is 0 Å². The summed E-state index contributed by atoms with van der Waals surface area (Å²) < 4.78 is 24.2. The lowest BCUT2D eigenvalue weighted by atomic mass is 9.72. The summed E-state index contributed by atoms with van der Waals surface area (Å²) in [6.07, 6.45) is 2.59. The smallest absolute Gasteiger partial charge is 0.168 e. The van der Waals surface area contributed by atoms with Crippen LogP contribution in [0.3, 0.4) is 0 Å². The Morgan fingerprint density at radius 3 is 2.38 bits per heavy atom. The first-order chi connectivity index (χ1) is 7.62. The maximum absolute atomic E-state index is 13.9. The maximum Gasteiger partial charge on any atom is 0.168 e. The van der Waals surface area contributed by atoms with Gasteiger partial charge in [-0.2, -0.15) is 0 Å². The molecule has 1 fully saturated rings. The average molecular weight is 225 g/mol. The second-order valence-electron chi connectivity index (χ2n) is 4.17. The second kappa shape index (κ2) is 3.94. The standard InChI is InChI=1S/C12H16FNO2/c1-15-9-5-4-8(13)10(11(9)16-2)12(14)6-3-7-12/h4-5H,3,6-7,14H2,1-2H3. The molecule has 0 aliphatic heterocycles. The second-order valence-corrected chi connectivity index (χ2v) is 4.17. The molecule has 1 saturated carbocycles. The van der Waals surface area contributed by atoms with Crippen LogP contribution >= 0.6 is 0 Å². The number of ether oxygens (including phenoxy) is 2. The van der Waals surface area contributed by atoms with Crippen molar-refractivity contribution in [3.05, 3.63) is 23.5 Å². The van der Waals surface area contributed by atoms with Crippen molar-refractivity contribution in [2.75, 3.05) is 14.2 Å². The normalized spacial score (nSPS) is 17.8. The molecule has 1 aliphatic rings. The number of hydrogen-bond acceptors (Lipinski definition) is 3. The highest BCUT2D eigenvalue weighted by Crippen LogP contribution is 2.47. The fraction of sp³-hybridized carbons (Fsp3) is 0.500.